The molecule has 58 valence electrons. The zero-order chi connectivity index (χ0) is 7.98. The third kappa shape index (κ3) is 4.32. The van der Waals surface area contributed by atoms with Crippen LogP contribution >= 0.6 is 11.6 Å². The first-order chi connectivity index (χ1) is 4.70. The van der Waals surface area contributed by atoms with Gasteiger partial charge in [0.25, 0.3) is 0 Å². The molecule has 0 aliphatic heterocycles. The van der Waals surface area contributed by atoms with E-state index in [4.69, 9.17) is 16.7 Å². The fraction of sp³-hybridized carbons (Fsp3) is 0.667. The van der Waals surface area contributed by atoms with Crippen molar-refractivity contribution in [3.8, 4) is 0 Å². The lowest BCUT2D eigenvalue weighted by Crippen LogP contribution is -2.09. The van der Waals surface area contributed by atoms with Crippen molar-refractivity contribution in [1.82, 2.24) is 0 Å². The fourth-order valence-corrected chi connectivity index (χ4v) is 0.819. The molecule has 0 aromatic carbocycles. The Hall–Kier alpha value is -0.570. The normalized spacial score (nSPS) is 12.5. The van der Waals surface area contributed by atoms with Crippen molar-refractivity contribution in [3.05, 3.63) is 0 Å². The number of alkyl halides is 1. The number of carboxylic acid groups (broad SMARTS) is 1. The van der Waals surface area contributed by atoms with Gasteiger partial charge >= 0.3 is 5.97 Å². The predicted molar refractivity (Wildman–Crippen MR) is 37.1 cm³/mol. The predicted octanol–water partition coefficient (Wildman–Crippen LogP) is 0.905. The highest BCUT2D eigenvalue weighted by atomic mass is 35.5. The van der Waals surface area contributed by atoms with Gasteiger partial charge in [-0.3, -0.25) is 4.79 Å². The SMILES string of the molecule is O=CCC(CCl)CC(=O)O. The van der Waals surface area contributed by atoms with E-state index in [1.54, 1.807) is 0 Å². The molecule has 0 aliphatic rings. The van der Waals surface area contributed by atoms with Crippen molar-refractivity contribution in [2.24, 2.45) is 5.92 Å². The van der Waals surface area contributed by atoms with Gasteiger partial charge < -0.3 is 9.90 Å². The molecule has 10 heavy (non-hydrogen) atoms. The second-order valence-electron chi connectivity index (χ2n) is 2.02. The Labute approximate surface area is 64.0 Å². The van der Waals surface area contributed by atoms with Crippen molar-refractivity contribution in [3.63, 3.8) is 0 Å². The zero-order valence-electron chi connectivity index (χ0n) is 5.42. The molecule has 1 N–H and O–H groups in total. The van der Waals surface area contributed by atoms with E-state index in [1.165, 1.54) is 0 Å². The Morgan fingerprint density at radius 3 is 2.60 bits per heavy atom. The maximum Gasteiger partial charge on any atom is 0.303 e. The molecule has 0 saturated heterocycles. The average molecular weight is 165 g/mol. The molecule has 0 fully saturated rings. The number of aliphatic carboxylic acids is 1. The lowest BCUT2D eigenvalue weighted by Gasteiger charge is -2.04. The quantitative estimate of drug-likeness (QED) is 0.485. The summed E-state index contributed by atoms with van der Waals surface area (Å²) in [6.07, 6.45) is 0.897. The molecular formula is C6H9ClO3. The van der Waals surface area contributed by atoms with Gasteiger partial charge in [-0.25, -0.2) is 0 Å². The van der Waals surface area contributed by atoms with Crippen LogP contribution in [0.4, 0.5) is 0 Å². The van der Waals surface area contributed by atoms with E-state index < -0.39 is 5.97 Å². The summed E-state index contributed by atoms with van der Waals surface area (Å²) < 4.78 is 0. The van der Waals surface area contributed by atoms with Crippen molar-refractivity contribution < 1.29 is 14.7 Å². The monoisotopic (exact) mass is 164 g/mol. The summed E-state index contributed by atoms with van der Waals surface area (Å²) in [5.74, 6) is -0.894. The van der Waals surface area contributed by atoms with E-state index in [2.05, 4.69) is 0 Å². The van der Waals surface area contributed by atoms with Gasteiger partial charge in [0.15, 0.2) is 0 Å². The molecule has 0 rings (SSSR count). The molecule has 0 aromatic rings. The van der Waals surface area contributed by atoms with Gasteiger partial charge in [0.2, 0.25) is 0 Å². The van der Waals surface area contributed by atoms with Gasteiger partial charge in [-0.05, 0) is 5.92 Å². The molecule has 0 bridgehead atoms. The summed E-state index contributed by atoms with van der Waals surface area (Å²) in [5, 5.41) is 8.27. The minimum Gasteiger partial charge on any atom is -0.481 e. The standard InChI is InChI=1S/C6H9ClO3/c7-4-5(1-2-8)3-6(9)10/h2,5H,1,3-4H2,(H,9,10). The summed E-state index contributed by atoms with van der Waals surface area (Å²) in [6, 6.07) is 0. The van der Waals surface area contributed by atoms with E-state index in [0.29, 0.717) is 6.29 Å². The van der Waals surface area contributed by atoms with Crippen LogP contribution in [0.1, 0.15) is 12.8 Å². The lowest BCUT2D eigenvalue weighted by atomic mass is 10.1. The van der Waals surface area contributed by atoms with Gasteiger partial charge in [-0.2, -0.15) is 0 Å². The summed E-state index contributed by atoms with van der Waals surface area (Å²) in [4.78, 5) is 20.0. The highest BCUT2D eigenvalue weighted by Crippen LogP contribution is 2.08. The van der Waals surface area contributed by atoms with Gasteiger partial charge in [0.1, 0.15) is 6.29 Å². The lowest BCUT2D eigenvalue weighted by molar-refractivity contribution is -0.137. The van der Waals surface area contributed by atoms with Crippen LogP contribution in [-0.4, -0.2) is 23.2 Å². The molecular weight excluding hydrogens is 156 g/mol. The second kappa shape index (κ2) is 5.23. The Morgan fingerprint density at radius 2 is 2.30 bits per heavy atom. The third-order valence-corrected chi connectivity index (χ3v) is 1.55. The van der Waals surface area contributed by atoms with Crippen LogP contribution in [0, 0.1) is 5.92 Å². The molecule has 0 heterocycles. The number of rotatable bonds is 5. The Balaban J connectivity index is 3.59. The summed E-state index contributed by atoms with van der Waals surface area (Å²) in [6.45, 7) is 0. The minimum absolute atomic E-state index is 0.0256. The number of carboxylic acids is 1. The van der Waals surface area contributed by atoms with Crippen LogP contribution in [-0.2, 0) is 9.59 Å². The van der Waals surface area contributed by atoms with Gasteiger partial charge in [0, 0.05) is 18.7 Å². The Morgan fingerprint density at radius 1 is 1.70 bits per heavy atom. The maximum atomic E-state index is 10.1. The van der Waals surface area contributed by atoms with Crippen LogP contribution in [0.3, 0.4) is 0 Å². The van der Waals surface area contributed by atoms with Crippen LogP contribution in [0.25, 0.3) is 0 Å². The Kier molecular flexibility index (Phi) is 4.94. The van der Waals surface area contributed by atoms with Crippen LogP contribution in [0.2, 0.25) is 0 Å². The van der Waals surface area contributed by atoms with Gasteiger partial charge in [-0.1, -0.05) is 0 Å². The molecule has 0 aliphatic carbocycles. The van der Waals surface area contributed by atoms with E-state index in [1.807, 2.05) is 0 Å². The zero-order valence-corrected chi connectivity index (χ0v) is 6.17. The molecule has 0 spiro atoms. The number of halogens is 1. The van der Waals surface area contributed by atoms with Crippen LogP contribution in [0.15, 0.2) is 0 Å². The summed E-state index contributed by atoms with van der Waals surface area (Å²) in [7, 11) is 0. The largest absolute Gasteiger partial charge is 0.481 e. The molecule has 4 heteroatoms. The number of hydrogen-bond acceptors (Lipinski definition) is 2. The average Bonchev–Trinajstić information content (AvgIpc) is 1.86. The van der Waals surface area contributed by atoms with Crippen molar-refractivity contribution in [1.29, 1.82) is 0 Å². The first-order valence-electron chi connectivity index (χ1n) is 2.92. The minimum atomic E-state index is -0.910. The molecule has 0 aromatic heterocycles. The van der Waals surface area contributed by atoms with E-state index in [9.17, 15) is 9.59 Å². The summed E-state index contributed by atoms with van der Waals surface area (Å²) in [5.41, 5.74) is 0. The van der Waals surface area contributed by atoms with E-state index >= 15 is 0 Å². The second-order valence-corrected chi connectivity index (χ2v) is 2.33. The molecule has 0 saturated carbocycles. The van der Waals surface area contributed by atoms with Gasteiger partial charge in [-0.15, -0.1) is 11.6 Å². The van der Waals surface area contributed by atoms with E-state index in [-0.39, 0.29) is 24.6 Å². The third-order valence-electron chi connectivity index (χ3n) is 1.11. The first kappa shape index (κ1) is 9.43. The fourth-order valence-electron chi connectivity index (χ4n) is 0.584. The number of carbonyl (C=O) groups is 2. The molecule has 0 amide bonds. The van der Waals surface area contributed by atoms with Crippen molar-refractivity contribution >= 4 is 23.9 Å². The van der Waals surface area contributed by atoms with E-state index in [0.717, 1.165) is 0 Å². The first-order valence-corrected chi connectivity index (χ1v) is 3.45. The highest BCUT2D eigenvalue weighted by molar-refractivity contribution is 6.18. The van der Waals surface area contributed by atoms with Crippen LogP contribution < -0.4 is 0 Å². The maximum absolute atomic E-state index is 10.1. The van der Waals surface area contributed by atoms with Crippen molar-refractivity contribution in [2.45, 2.75) is 12.8 Å². The summed E-state index contributed by atoms with van der Waals surface area (Å²) >= 11 is 5.37. The smallest absolute Gasteiger partial charge is 0.303 e. The molecule has 1 atom stereocenters. The van der Waals surface area contributed by atoms with Crippen LogP contribution in [0.5, 0.6) is 0 Å². The molecule has 0 radical (unpaired) electrons. The van der Waals surface area contributed by atoms with Gasteiger partial charge in [0.05, 0.1) is 0 Å². The number of aldehydes is 1. The highest BCUT2D eigenvalue weighted by Gasteiger charge is 2.10. The Bertz CT molecular complexity index is 124. The number of carbonyl (C=O) groups excluding carboxylic acids is 1. The topological polar surface area (TPSA) is 54.4 Å². The number of hydrogen-bond donors (Lipinski definition) is 1. The van der Waals surface area contributed by atoms with Crippen molar-refractivity contribution in [2.75, 3.05) is 5.88 Å². The molecule has 1 unspecified atom stereocenters. The molecule has 3 nitrogen and oxygen atoms in total.